The van der Waals surface area contributed by atoms with Crippen molar-refractivity contribution in [1.29, 1.82) is 0 Å². The third-order valence-corrected chi connectivity index (χ3v) is 5.05. The summed E-state index contributed by atoms with van der Waals surface area (Å²) in [6.07, 6.45) is 3.71. The zero-order valence-electron chi connectivity index (χ0n) is 16.3. The highest BCUT2D eigenvalue weighted by atomic mass is 16.2. The normalized spacial score (nSPS) is 19.0. The summed E-state index contributed by atoms with van der Waals surface area (Å²) in [4.78, 5) is 45.2. The van der Waals surface area contributed by atoms with Crippen LogP contribution in [0.5, 0.6) is 0 Å². The van der Waals surface area contributed by atoms with Crippen molar-refractivity contribution in [1.82, 2.24) is 15.3 Å². The molecule has 3 rings (SSSR count). The summed E-state index contributed by atoms with van der Waals surface area (Å²) in [6, 6.07) is 5.23. The maximum Gasteiger partial charge on any atom is 0.321 e. The lowest BCUT2D eigenvalue weighted by atomic mass is 9.86. The number of benzene rings is 1. The van der Waals surface area contributed by atoms with E-state index >= 15 is 0 Å². The zero-order chi connectivity index (χ0) is 20.3. The van der Waals surface area contributed by atoms with Crippen LogP contribution in [0.2, 0.25) is 0 Å². The van der Waals surface area contributed by atoms with Crippen molar-refractivity contribution >= 4 is 23.5 Å². The minimum atomic E-state index is -0.683. The van der Waals surface area contributed by atoms with Crippen molar-refractivity contribution in [2.75, 3.05) is 11.9 Å². The second kappa shape index (κ2) is 8.29. The van der Waals surface area contributed by atoms with Gasteiger partial charge in [-0.25, -0.2) is 14.8 Å². The number of anilines is 1. The third kappa shape index (κ3) is 4.24. The van der Waals surface area contributed by atoms with E-state index in [9.17, 15) is 14.4 Å². The van der Waals surface area contributed by atoms with Crippen molar-refractivity contribution in [3.05, 3.63) is 52.8 Å². The summed E-state index contributed by atoms with van der Waals surface area (Å²) in [5, 5.41) is 5.20. The molecule has 1 heterocycles. The van der Waals surface area contributed by atoms with Crippen LogP contribution in [0.25, 0.3) is 0 Å². The second-order valence-corrected chi connectivity index (χ2v) is 7.26. The van der Waals surface area contributed by atoms with Gasteiger partial charge in [-0.2, -0.15) is 0 Å². The SMILES string of the molecule is Cc1cc(C)c(C2C(=O)CC(CCNC(=O)Nc3ncccn3)C2=O)c(C)c1. The molecule has 2 amide bonds. The molecule has 0 bridgehead atoms. The Morgan fingerprint density at radius 1 is 1.11 bits per heavy atom. The summed E-state index contributed by atoms with van der Waals surface area (Å²) in [7, 11) is 0. The molecular weight excluding hydrogens is 356 g/mol. The maximum atomic E-state index is 12.9. The lowest BCUT2D eigenvalue weighted by Crippen LogP contribution is -2.31. The fourth-order valence-corrected chi connectivity index (χ4v) is 3.92. The molecule has 1 aromatic carbocycles. The predicted octanol–water partition coefficient (Wildman–Crippen LogP) is 2.86. The molecule has 1 aromatic heterocycles. The summed E-state index contributed by atoms with van der Waals surface area (Å²) >= 11 is 0. The van der Waals surface area contributed by atoms with E-state index in [0.717, 1.165) is 22.3 Å². The third-order valence-electron chi connectivity index (χ3n) is 5.05. The van der Waals surface area contributed by atoms with Crippen molar-refractivity contribution in [2.45, 2.75) is 39.5 Å². The average molecular weight is 380 g/mol. The number of Topliss-reactive ketones (excluding diaryl/α,β-unsaturated/α-hetero) is 2. The van der Waals surface area contributed by atoms with Crippen LogP contribution in [0.1, 0.15) is 41.0 Å². The van der Waals surface area contributed by atoms with Gasteiger partial charge in [-0.15, -0.1) is 0 Å². The van der Waals surface area contributed by atoms with Gasteiger partial charge in [-0.3, -0.25) is 14.9 Å². The Hall–Kier alpha value is -3.09. The van der Waals surface area contributed by atoms with Crippen LogP contribution in [0.15, 0.2) is 30.6 Å². The summed E-state index contributed by atoms with van der Waals surface area (Å²) in [5.74, 6) is -0.929. The van der Waals surface area contributed by atoms with Gasteiger partial charge < -0.3 is 5.32 Å². The zero-order valence-corrected chi connectivity index (χ0v) is 16.3. The Morgan fingerprint density at radius 3 is 2.39 bits per heavy atom. The van der Waals surface area contributed by atoms with Crippen LogP contribution in [0.3, 0.4) is 0 Å². The number of nitrogens with zero attached hydrogens (tertiary/aromatic N) is 2. The van der Waals surface area contributed by atoms with Gasteiger partial charge in [0.25, 0.3) is 0 Å². The fourth-order valence-electron chi connectivity index (χ4n) is 3.92. The van der Waals surface area contributed by atoms with Crippen LogP contribution < -0.4 is 10.6 Å². The second-order valence-electron chi connectivity index (χ2n) is 7.26. The van der Waals surface area contributed by atoms with E-state index in [-0.39, 0.29) is 29.9 Å². The first-order chi connectivity index (χ1) is 13.4. The Balaban J connectivity index is 1.59. The van der Waals surface area contributed by atoms with Crippen LogP contribution >= 0.6 is 0 Å². The molecule has 2 atom stereocenters. The number of carbonyl (C=O) groups excluding carboxylic acids is 3. The molecule has 0 saturated heterocycles. The van der Waals surface area contributed by atoms with Crippen molar-refractivity contribution in [3.63, 3.8) is 0 Å². The smallest absolute Gasteiger partial charge is 0.321 e. The number of hydrogen-bond acceptors (Lipinski definition) is 5. The number of urea groups is 1. The lowest BCUT2D eigenvalue weighted by molar-refractivity contribution is -0.124. The minimum absolute atomic E-state index is 0.0350. The molecule has 7 nitrogen and oxygen atoms in total. The molecular formula is C21H24N4O3. The average Bonchev–Trinajstić information content (AvgIpc) is 2.90. The van der Waals surface area contributed by atoms with Crippen molar-refractivity contribution in [3.8, 4) is 0 Å². The van der Waals surface area contributed by atoms with Crippen molar-refractivity contribution < 1.29 is 14.4 Å². The van der Waals surface area contributed by atoms with Gasteiger partial charge >= 0.3 is 6.03 Å². The number of hydrogen-bond donors (Lipinski definition) is 2. The van der Waals surface area contributed by atoms with Gasteiger partial charge in [-0.1, -0.05) is 17.7 Å². The fraction of sp³-hybridized carbons (Fsp3) is 0.381. The van der Waals surface area contributed by atoms with E-state index in [1.165, 1.54) is 12.4 Å². The van der Waals surface area contributed by atoms with E-state index in [2.05, 4.69) is 20.6 Å². The number of amides is 2. The summed E-state index contributed by atoms with van der Waals surface area (Å²) < 4.78 is 0. The molecule has 0 aliphatic heterocycles. The first-order valence-electron chi connectivity index (χ1n) is 9.33. The van der Waals surface area contributed by atoms with Gasteiger partial charge in [-0.05, 0) is 49.9 Å². The molecule has 2 N–H and O–H groups in total. The monoisotopic (exact) mass is 380 g/mol. The Bertz CT molecular complexity index is 888. The molecule has 1 saturated carbocycles. The molecule has 7 heteroatoms. The number of rotatable bonds is 5. The molecule has 0 spiro atoms. The number of aryl methyl sites for hydroxylation is 3. The molecule has 28 heavy (non-hydrogen) atoms. The highest BCUT2D eigenvalue weighted by Gasteiger charge is 2.42. The molecule has 1 fully saturated rings. The molecule has 2 aromatic rings. The van der Waals surface area contributed by atoms with E-state index in [0.29, 0.717) is 13.0 Å². The first-order valence-corrected chi connectivity index (χ1v) is 9.33. The standard InChI is InChI=1S/C21H24N4O3/c1-12-9-13(2)17(14(3)10-12)18-16(26)11-15(19(18)27)5-8-24-21(28)25-20-22-6-4-7-23-20/h4,6-7,9-10,15,18H,5,8,11H2,1-3H3,(H2,22,23,24,25,28). The summed E-state index contributed by atoms with van der Waals surface area (Å²) in [5.41, 5.74) is 3.91. The molecule has 2 unspecified atom stereocenters. The van der Waals surface area contributed by atoms with Gasteiger partial charge in [0.05, 0.1) is 0 Å². The molecule has 1 aliphatic carbocycles. The Kier molecular flexibility index (Phi) is 5.82. The highest BCUT2D eigenvalue weighted by Crippen LogP contribution is 2.37. The largest absolute Gasteiger partial charge is 0.338 e. The van der Waals surface area contributed by atoms with Gasteiger partial charge in [0.1, 0.15) is 11.7 Å². The van der Waals surface area contributed by atoms with E-state index in [1.807, 2.05) is 32.9 Å². The molecule has 1 aliphatic rings. The number of carbonyl (C=O) groups is 3. The van der Waals surface area contributed by atoms with Crippen molar-refractivity contribution in [2.24, 2.45) is 5.92 Å². The van der Waals surface area contributed by atoms with Crippen LogP contribution in [-0.4, -0.2) is 34.1 Å². The molecule has 146 valence electrons. The van der Waals surface area contributed by atoms with Crippen LogP contribution in [0.4, 0.5) is 10.7 Å². The Morgan fingerprint density at radius 2 is 1.75 bits per heavy atom. The lowest BCUT2D eigenvalue weighted by Gasteiger charge is -2.16. The highest BCUT2D eigenvalue weighted by molar-refractivity contribution is 6.15. The topological polar surface area (TPSA) is 101 Å². The predicted molar refractivity (Wildman–Crippen MR) is 105 cm³/mol. The van der Waals surface area contributed by atoms with E-state index in [4.69, 9.17) is 0 Å². The Labute approximate surface area is 164 Å². The van der Waals surface area contributed by atoms with Crippen LogP contribution in [0, 0.1) is 26.7 Å². The minimum Gasteiger partial charge on any atom is -0.338 e. The van der Waals surface area contributed by atoms with E-state index in [1.54, 1.807) is 6.07 Å². The van der Waals surface area contributed by atoms with Gasteiger partial charge in [0, 0.05) is 31.3 Å². The van der Waals surface area contributed by atoms with Gasteiger partial charge in [0.2, 0.25) is 5.95 Å². The maximum absolute atomic E-state index is 12.9. The van der Waals surface area contributed by atoms with E-state index < -0.39 is 11.9 Å². The number of aromatic nitrogens is 2. The quantitative estimate of drug-likeness (QED) is 0.777. The van der Waals surface area contributed by atoms with Crippen LogP contribution in [-0.2, 0) is 9.59 Å². The van der Waals surface area contributed by atoms with Gasteiger partial charge in [0.15, 0.2) is 5.78 Å². The summed E-state index contributed by atoms with van der Waals surface area (Å²) in [6.45, 7) is 6.19. The first kappa shape index (κ1) is 19.7. The molecule has 0 radical (unpaired) electrons. The number of ketones is 2. The number of nitrogens with one attached hydrogen (secondary N) is 2.